The van der Waals surface area contributed by atoms with Crippen molar-refractivity contribution < 1.29 is 9.59 Å². The molecule has 2 aromatic heterocycles. The Morgan fingerprint density at radius 3 is 2.39 bits per heavy atom. The van der Waals surface area contributed by atoms with E-state index in [1.54, 1.807) is 45.3 Å². The Balaban J connectivity index is 1.93. The molecule has 2 amide bonds. The molecule has 33 heavy (non-hydrogen) atoms. The highest BCUT2D eigenvalue weighted by atomic mass is 35.5. The number of hydrogen-bond donors (Lipinski definition) is 1. The lowest BCUT2D eigenvalue weighted by Gasteiger charge is -2.15. The van der Waals surface area contributed by atoms with Crippen molar-refractivity contribution in [1.82, 2.24) is 19.4 Å². The molecule has 0 spiro atoms. The third-order valence-electron chi connectivity index (χ3n) is 5.92. The predicted octanol–water partition coefficient (Wildman–Crippen LogP) is 2.94. The Bertz CT molecular complexity index is 1350. The second kappa shape index (κ2) is 9.15. The number of carbonyl (C=O) groups excluding carboxylic acids is 2. The lowest BCUT2D eigenvalue weighted by molar-refractivity contribution is -0.122. The zero-order valence-electron chi connectivity index (χ0n) is 18.7. The summed E-state index contributed by atoms with van der Waals surface area (Å²) in [5, 5.41) is 3.71. The third kappa shape index (κ3) is 4.35. The van der Waals surface area contributed by atoms with E-state index >= 15 is 0 Å². The van der Waals surface area contributed by atoms with Gasteiger partial charge in [-0.25, -0.2) is 9.36 Å². The molecular formula is C23H25ClN4O4S. The van der Waals surface area contributed by atoms with Gasteiger partial charge in [0.25, 0.3) is 11.5 Å². The van der Waals surface area contributed by atoms with Crippen molar-refractivity contribution in [1.29, 1.82) is 0 Å². The first-order valence-corrected chi connectivity index (χ1v) is 11.9. The van der Waals surface area contributed by atoms with Gasteiger partial charge in [-0.2, -0.15) is 0 Å². The number of hydrogen-bond acceptors (Lipinski definition) is 5. The topological polar surface area (TPSA) is 93.4 Å². The van der Waals surface area contributed by atoms with Crippen molar-refractivity contribution in [2.75, 3.05) is 14.1 Å². The monoisotopic (exact) mass is 488 g/mol. The summed E-state index contributed by atoms with van der Waals surface area (Å²) in [6, 6.07) is 6.43. The van der Waals surface area contributed by atoms with E-state index < -0.39 is 11.2 Å². The van der Waals surface area contributed by atoms with E-state index in [2.05, 4.69) is 5.32 Å². The number of benzene rings is 1. The number of fused-ring (bicyclic) bond motifs is 1. The van der Waals surface area contributed by atoms with Crippen molar-refractivity contribution >= 4 is 45.0 Å². The molecule has 0 saturated heterocycles. The summed E-state index contributed by atoms with van der Waals surface area (Å²) in [7, 11) is 3.25. The van der Waals surface area contributed by atoms with E-state index in [0.29, 0.717) is 26.0 Å². The largest absolute Gasteiger partial charge is 0.352 e. The van der Waals surface area contributed by atoms with Gasteiger partial charge in [0.2, 0.25) is 5.91 Å². The number of rotatable bonds is 5. The SMILES string of the molecule is Cc1c(C(=O)N(C)C)sc2c1c(=O)n(-c1ccc(Cl)cc1)c(=O)n2CC(=O)NC1CCCC1. The Hall–Kier alpha value is -2.91. The fourth-order valence-corrected chi connectivity index (χ4v) is 5.64. The van der Waals surface area contributed by atoms with Gasteiger partial charge in [-0.1, -0.05) is 24.4 Å². The zero-order chi connectivity index (χ0) is 23.9. The first-order valence-electron chi connectivity index (χ1n) is 10.7. The molecule has 0 unspecified atom stereocenters. The predicted molar refractivity (Wildman–Crippen MR) is 130 cm³/mol. The average Bonchev–Trinajstić information content (AvgIpc) is 3.39. The molecule has 2 heterocycles. The molecule has 0 aliphatic heterocycles. The maximum absolute atomic E-state index is 13.5. The fraction of sp³-hybridized carbons (Fsp3) is 0.391. The van der Waals surface area contributed by atoms with Crippen molar-refractivity contribution in [3.05, 3.63) is 60.6 Å². The molecule has 4 rings (SSSR count). The first-order chi connectivity index (χ1) is 15.7. The maximum atomic E-state index is 13.5. The Morgan fingerprint density at radius 2 is 1.79 bits per heavy atom. The molecule has 0 bridgehead atoms. The number of amides is 2. The van der Waals surface area contributed by atoms with E-state index in [1.807, 2.05) is 0 Å². The molecule has 1 aliphatic rings. The van der Waals surface area contributed by atoms with Crippen LogP contribution in [0.1, 0.15) is 40.9 Å². The summed E-state index contributed by atoms with van der Waals surface area (Å²) in [5.41, 5.74) is -0.337. The van der Waals surface area contributed by atoms with Crippen molar-refractivity contribution in [2.24, 2.45) is 0 Å². The molecule has 174 valence electrons. The number of carbonyl (C=O) groups is 2. The van der Waals surface area contributed by atoms with Crippen LogP contribution in [0.25, 0.3) is 15.9 Å². The zero-order valence-corrected chi connectivity index (χ0v) is 20.3. The van der Waals surface area contributed by atoms with Gasteiger partial charge in [0.1, 0.15) is 11.4 Å². The van der Waals surface area contributed by atoms with Crippen LogP contribution in [0.5, 0.6) is 0 Å². The standard InChI is InChI=1S/C23H25ClN4O4S/c1-13-18-20(30)28(16-10-8-14(24)9-11-16)23(32)27(12-17(29)25-15-6-4-5-7-15)22(18)33-19(13)21(31)26(2)3/h8-11,15H,4-7,12H2,1-3H3,(H,25,29). The molecule has 1 fully saturated rings. The van der Waals surface area contributed by atoms with Gasteiger partial charge in [0, 0.05) is 25.2 Å². The average molecular weight is 489 g/mol. The number of nitrogens with one attached hydrogen (secondary N) is 1. The lowest BCUT2D eigenvalue weighted by Crippen LogP contribution is -2.43. The summed E-state index contributed by atoms with van der Waals surface area (Å²) >= 11 is 7.05. The minimum atomic E-state index is -0.638. The smallest absolute Gasteiger partial charge is 0.337 e. The summed E-state index contributed by atoms with van der Waals surface area (Å²) < 4.78 is 2.32. The number of halogens is 1. The van der Waals surface area contributed by atoms with Crippen LogP contribution >= 0.6 is 22.9 Å². The Kier molecular flexibility index (Phi) is 6.45. The van der Waals surface area contributed by atoms with Crippen molar-refractivity contribution in [3.8, 4) is 5.69 Å². The fourth-order valence-electron chi connectivity index (χ4n) is 4.20. The van der Waals surface area contributed by atoms with Crippen LogP contribution in [-0.4, -0.2) is 46.0 Å². The van der Waals surface area contributed by atoms with E-state index in [0.717, 1.165) is 41.6 Å². The van der Waals surface area contributed by atoms with Crippen LogP contribution in [0.3, 0.4) is 0 Å². The molecule has 10 heteroatoms. The summed E-state index contributed by atoms with van der Waals surface area (Å²) in [4.78, 5) is 54.7. The normalized spacial score (nSPS) is 14.1. The van der Waals surface area contributed by atoms with Gasteiger partial charge in [-0.3, -0.25) is 19.0 Å². The second-order valence-electron chi connectivity index (χ2n) is 8.47. The Morgan fingerprint density at radius 1 is 1.15 bits per heavy atom. The summed E-state index contributed by atoms with van der Waals surface area (Å²) in [6.45, 7) is 1.45. The van der Waals surface area contributed by atoms with Gasteiger partial charge >= 0.3 is 5.69 Å². The molecule has 1 aliphatic carbocycles. The molecule has 0 radical (unpaired) electrons. The highest BCUT2D eigenvalue weighted by Gasteiger charge is 2.26. The van der Waals surface area contributed by atoms with E-state index in [9.17, 15) is 19.2 Å². The quantitative estimate of drug-likeness (QED) is 0.597. The van der Waals surface area contributed by atoms with Gasteiger partial charge in [-0.05, 0) is 49.6 Å². The number of aryl methyl sites for hydroxylation is 1. The molecule has 1 aromatic carbocycles. The first kappa shape index (κ1) is 23.3. The molecule has 0 atom stereocenters. The third-order valence-corrected chi connectivity index (χ3v) is 7.47. The number of nitrogens with zero attached hydrogens (tertiary/aromatic N) is 3. The second-order valence-corrected chi connectivity index (χ2v) is 9.91. The minimum Gasteiger partial charge on any atom is -0.352 e. The van der Waals surface area contributed by atoms with Crippen molar-refractivity contribution in [2.45, 2.75) is 45.2 Å². The van der Waals surface area contributed by atoms with Crippen LogP contribution in [0.4, 0.5) is 0 Å². The highest BCUT2D eigenvalue weighted by Crippen LogP contribution is 2.29. The van der Waals surface area contributed by atoms with E-state index in [4.69, 9.17) is 11.6 Å². The molecule has 8 nitrogen and oxygen atoms in total. The van der Waals surface area contributed by atoms with Crippen LogP contribution < -0.4 is 16.6 Å². The minimum absolute atomic E-state index is 0.0989. The maximum Gasteiger partial charge on any atom is 0.337 e. The molecule has 1 saturated carbocycles. The van der Waals surface area contributed by atoms with Crippen LogP contribution in [0.2, 0.25) is 5.02 Å². The van der Waals surface area contributed by atoms with Crippen molar-refractivity contribution in [3.63, 3.8) is 0 Å². The van der Waals surface area contributed by atoms with Crippen LogP contribution in [-0.2, 0) is 11.3 Å². The summed E-state index contributed by atoms with van der Waals surface area (Å²) in [6.07, 6.45) is 3.97. The molecular weight excluding hydrogens is 464 g/mol. The molecule has 1 N–H and O–H groups in total. The van der Waals surface area contributed by atoms with Gasteiger partial charge in [0.05, 0.1) is 16.0 Å². The van der Waals surface area contributed by atoms with E-state index in [1.165, 1.54) is 9.47 Å². The summed E-state index contributed by atoms with van der Waals surface area (Å²) in [5.74, 6) is -0.557. The van der Waals surface area contributed by atoms with Gasteiger partial charge in [0.15, 0.2) is 0 Å². The highest BCUT2D eigenvalue weighted by molar-refractivity contribution is 7.20. The number of aromatic nitrogens is 2. The number of thiophene rings is 1. The molecule has 3 aromatic rings. The van der Waals surface area contributed by atoms with Crippen LogP contribution in [0, 0.1) is 6.92 Å². The van der Waals surface area contributed by atoms with Gasteiger partial charge in [-0.15, -0.1) is 11.3 Å². The van der Waals surface area contributed by atoms with E-state index in [-0.39, 0.29) is 29.8 Å². The van der Waals surface area contributed by atoms with Crippen LogP contribution in [0.15, 0.2) is 33.9 Å². The van der Waals surface area contributed by atoms with Gasteiger partial charge < -0.3 is 10.2 Å². The Labute approximate surface area is 199 Å². The lowest BCUT2D eigenvalue weighted by atomic mass is 10.2.